The van der Waals surface area contributed by atoms with Crippen molar-refractivity contribution in [2.45, 2.75) is 57.2 Å². The number of likely N-dealkylation sites (tertiary alicyclic amines) is 1. The number of pyridine rings is 1. The van der Waals surface area contributed by atoms with Crippen molar-refractivity contribution in [2.75, 3.05) is 26.7 Å². The van der Waals surface area contributed by atoms with Gasteiger partial charge in [0.05, 0.1) is 47.3 Å². The van der Waals surface area contributed by atoms with E-state index in [0.29, 0.717) is 41.0 Å². The van der Waals surface area contributed by atoms with Crippen molar-refractivity contribution < 1.29 is 9.13 Å². The summed E-state index contributed by atoms with van der Waals surface area (Å²) < 4.78 is 25.5. The van der Waals surface area contributed by atoms with Gasteiger partial charge >= 0.3 is 0 Å². The molecule has 0 aliphatic carbocycles. The number of hydrogen-bond acceptors (Lipinski definition) is 7. The lowest BCUT2D eigenvalue weighted by Gasteiger charge is -2.30. The Balaban J connectivity index is 1.45. The van der Waals surface area contributed by atoms with Crippen LogP contribution in [0.3, 0.4) is 0 Å². The third kappa shape index (κ3) is 4.73. The topological polar surface area (TPSA) is 103 Å². The second-order valence-corrected chi connectivity index (χ2v) is 12.1. The zero-order valence-electron chi connectivity index (χ0n) is 25.0. The highest BCUT2D eigenvalue weighted by atomic mass is 19.1. The predicted octanol–water partition coefficient (Wildman–Crippen LogP) is 6.40. The maximum atomic E-state index is 17.0. The van der Waals surface area contributed by atoms with Gasteiger partial charge in [0.1, 0.15) is 12.1 Å². The Labute approximate surface area is 255 Å². The fraction of sp³-hybridized carbons (Fsp3) is 0.371. The number of aryl methyl sites for hydroxylation is 1. The lowest BCUT2D eigenvalue weighted by Crippen LogP contribution is -2.38. The normalized spacial score (nSPS) is 20.7. The van der Waals surface area contributed by atoms with Crippen LogP contribution in [0.4, 0.5) is 4.39 Å². The van der Waals surface area contributed by atoms with E-state index in [4.69, 9.17) is 14.8 Å². The number of fused-ring (bicyclic) bond motifs is 4. The van der Waals surface area contributed by atoms with Crippen molar-refractivity contribution in [1.29, 1.82) is 10.5 Å². The van der Waals surface area contributed by atoms with Gasteiger partial charge in [-0.2, -0.15) is 15.6 Å². The monoisotopic (exact) mass is 587 g/mol. The molecule has 222 valence electrons. The minimum Gasteiger partial charge on any atom is -0.475 e. The molecule has 2 aromatic heterocycles. The summed E-state index contributed by atoms with van der Waals surface area (Å²) in [6.07, 6.45) is 5.98. The fourth-order valence-corrected chi connectivity index (χ4v) is 7.20. The molecule has 3 atom stereocenters. The van der Waals surface area contributed by atoms with Crippen LogP contribution >= 0.6 is 0 Å². The number of rotatable bonds is 6. The molecule has 4 heterocycles. The van der Waals surface area contributed by atoms with Crippen molar-refractivity contribution in [3.8, 4) is 29.1 Å². The van der Waals surface area contributed by atoms with Crippen LogP contribution in [0, 0.1) is 35.4 Å². The predicted molar refractivity (Wildman–Crippen MR) is 169 cm³/mol. The van der Waals surface area contributed by atoms with E-state index in [1.54, 1.807) is 12.3 Å². The molecule has 5 aromatic rings. The molecule has 2 saturated heterocycles. The Bertz CT molecular complexity index is 1980. The first kappa shape index (κ1) is 28.2. The number of hydrogen-bond donors (Lipinski definition) is 1. The number of halogens is 1. The minimum absolute atomic E-state index is 0.0470. The minimum atomic E-state index is -0.439. The van der Waals surface area contributed by atoms with Crippen molar-refractivity contribution in [3.05, 3.63) is 65.6 Å². The Morgan fingerprint density at radius 3 is 2.75 bits per heavy atom. The van der Waals surface area contributed by atoms with E-state index in [9.17, 15) is 10.5 Å². The molecule has 1 N–H and O–H groups in total. The van der Waals surface area contributed by atoms with Gasteiger partial charge in [0.15, 0.2) is 5.82 Å². The van der Waals surface area contributed by atoms with Crippen LogP contribution < -0.4 is 10.1 Å². The van der Waals surface area contributed by atoms with E-state index < -0.39 is 5.82 Å². The Morgan fingerprint density at radius 2 is 1.98 bits per heavy atom. The van der Waals surface area contributed by atoms with Crippen LogP contribution in [-0.2, 0) is 0 Å². The molecular formula is C35H34FN7O. The van der Waals surface area contributed by atoms with Gasteiger partial charge < -0.3 is 15.0 Å². The van der Waals surface area contributed by atoms with Crippen LogP contribution in [0.25, 0.3) is 43.7 Å². The SMILES string of the molecule is Cc1cc2c(nc(OC[C@@H]3CCCN3C)c3cnn([C@H]4CCN[C@H](CC#N)C4)c32)c(F)c1-c1cccc2cccc(C#N)c12. The van der Waals surface area contributed by atoms with Crippen LogP contribution in [0.5, 0.6) is 5.88 Å². The highest BCUT2D eigenvalue weighted by molar-refractivity contribution is 6.09. The van der Waals surface area contributed by atoms with Gasteiger partial charge in [-0.1, -0.05) is 30.3 Å². The van der Waals surface area contributed by atoms with E-state index >= 15 is 4.39 Å². The number of likely N-dealkylation sites (N-methyl/N-ethyl adjacent to an activating group) is 1. The number of ether oxygens (including phenoxy) is 1. The summed E-state index contributed by atoms with van der Waals surface area (Å²) in [5.41, 5.74) is 3.38. The molecule has 0 amide bonds. The lowest BCUT2D eigenvalue weighted by molar-refractivity contribution is 0.195. The highest BCUT2D eigenvalue weighted by Gasteiger charge is 2.29. The molecule has 0 spiro atoms. The van der Waals surface area contributed by atoms with Gasteiger partial charge in [0, 0.05) is 28.4 Å². The molecule has 7 rings (SSSR count). The maximum Gasteiger partial charge on any atom is 0.225 e. The number of nitriles is 2. The molecular weight excluding hydrogens is 553 g/mol. The first-order valence-electron chi connectivity index (χ1n) is 15.3. The standard InChI is InChI=1S/C35H34FN7O/c1-21-16-28-33(32(36)30(21)27-10-4-7-22-6-3-8-23(18-38)31(22)27)41-35(44-20-26-9-5-15-42(26)2)29-19-40-43(34(28)29)25-12-14-39-24(17-25)11-13-37/h3-4,6-8,10,16,19,24-26,39H,5,9,11-12,14-15,17,20H2,1-2H3/t24-,25+,26+/m1/s1. The van der Waals surface area contributed by atoms with E-state index in [0.717, 1.165) is 66.0 Å². The molecule has 0 bridgehead atoms. The average molecular weight is 588 g/mol. The van der Waals surface area contributed by atoms with Crippen LogP contribution in [0.1, 0.15) is 49.3 Å². The number of nitrogens with one attached hydrogen (secondary N) is 1. The first-order chi connectivity index (χ1) is 21.5. The molecule has 0 saturated carbocycles. The molecule has 2 aliphatic heterocycles. The summed E-state index contributed by atoms with van der Waals surface area (Å²) in [7, 11) is 2.10. The quantitative estimate of drug-likeness (QED) is 0.245. The number of nitrogens with zero attached hydrogens (tertiary/aromatic N) is 6. The van der Waals surface area contributed by atoms with Crippen LogP contribution in [-0.4, -0.2) is 58.5 Å². The van der Waals surface area contributed by atoms with E-state index in [1.807, 2.05) is 48.0 Å². The molecule has 3 aromatic carbocycles. The molecule has 9 heteroatoms. The van der Waals surface area contributed by atoms with Crippen molar-refractivity contribution in [3.63, 3.8) is 0 Å². The third-order valence-electron chi connectivity index (χ3n) is 9.46. The third-order valence-corrected chi connectivity index (χ3v) is 9.46. The van der Waals surface area contributed by atoms with Crippen LogP contribution in [0.2, 0.25) is 0 Å². The Kier molecular flexibility index (Phi) is 7.37. The Hall–Kier alpha value is -4.57. The summed E-state index contributed by atoms with van der Waals surface area (Å²) >= 11 is 0. The molecule has 2 aliphatic rings. The highest BCUT2D eigenvalue weighted by Crippen LogP contribution is 2.41. The van der Waals surface area contributed by atoms with Gasteiger partial charge in [-0.05, 0) is 81.4 Å². The summed E-state index contributed by atoms with van der Waals surface area (Å²) in [5, 5.41) is 30.6. The molecule has 0 radical (unpaired) electrons. The van der Waals surface area contributed by atoms with E-state index in [1.165, 1.54) is 0 Å². The second-order valence-electron chi connectivity index (χ2n) is 12.1. The number of piperidine rings is 1. The van der Waals surface area contributed by atoms with Crippen molar-refractivity contribution in [2.24, 2.45) is 0 Å². The van der Waals surface area contributed by atoms with E-state index in [2.05, 4.69) is 29.4 Å². The molecule has 8 nitrogen and oxygen atoms in total. The van der Waals surface area contributed by atoms with Crippen molar-refractivity contribution in [1.82, 2.24) is 25.0 Å². The van der Waals surface area contributed by atoms with Crippen LogP contribution in [0.15, 0.2) is 48.7 Å². The summed E-state index contributed by atoms with van der Waals surface area (Å²) in [6, 6.07) is 18.2. The second kappa shape index (κ2) is 11.5. The van der Waals surface area contributed by atoms with Crippen molar-refractivity contribution >= 4 is 32.6 Å². The van der Waals surface area contributed by atoms with Gasteiger partial charge in [-0.25, -0.2) is 9.37 Å². The number of benzene rings is 3. The zero-order chi connectivity index (χ0) is 30.4. The lowest BCUT2D eigenvalue weighted by atomic mass is 9.91. The van der Waals surface area contributed by atoms with Gasteiger partial charge in [-0.3, -0.25) is 4.68 Å². The van der Waals surface area contributed by atoms with Gasteiger partial charge in [-0.15, -0.1) is 0 Å². The Morgan fingerprint density at radius 1 is 1.14 bits per heavy atom. The number of aromatic nitrogens is 3. The zero-order valence-corrected chi connectivity index (χ0v) is 25.0. The summed E-state index contributed by atoms with van der Waals surface area (Å²) in [6.45, 7) is 4.17. The molecule has 2 fully saturated rings. The first-order valence-corrected chi connectivity index (χ1v) is 15.3. The fourth-order valence-electron chi connectivity index (χ4n) is 7.20. The summed E-state index contributed by atoms with van der Waals surface area (Å²) in [4.78, 5) is 7.15. The van der Waals surface area contributed by atoms with Gasteiger partial charge in [0.2, 0.25) is 5.88 Å². The van der Waals surface area contributed by atoms with Gasteiger partial charge in [0.25, 0.3) is 0 Å². The maximum absolute atomic E-state index is 17.0. The summed E-state index contributed by atoms with van der Waals surface area (Å²) in [5.74, 6) is -0.0590. The van der Waals surface area contributed by atoms with E-state index in [-0.39, 0.29) is 23.6 Å². The smallest absolute Gasteiger partial charge is 0.225 e. The molecule has 0 unspecified atom stereocenters. The largest absolute Gasteiger partial charge is 0.475 e. The average Bonchev–Trinajstić information content (AvgIpc) is 3.67. The molecule has 44 heavy (non-hydrogen) atoms.